The molecule has 0 fully saturated rings. The van der Waals surface area contributed by atoms with E-state index in [1.165, 1.54) is 0 Å². The highest BCUT2D eigenvalue weighted by Crippen LogP contribution is 2.14. The van der Waals surface area contributed by atoms with Gasteiger partial charge < -0.3 is 15.5 Å². The Kier molecular flexibility index (Phi) is 2.87. The highest BCUT2D eigenvalue weighted by Gasteiger charge is 2.02. The van der Waals surface area contributed by atoms with Crippen LogP contribution >= 0.6 is 0 Å². The molecule has 15 heavy (non-hydrogen) atoms. The van der Waals surface area contributed by atoms with Crippen LogP contribution in [0.2, 0.25) is 0 Å². The van der Waals surface area contributed by atoms with Gasteiger partial charge in [0.2, 0.25) is 0 Å². The lowest BCUT2D eigenvalue weighted by molar-refractivity contribution is 0.149. The molecule has 80 valence electrons. The number of ether oxygens (including phenoxy) is 1. The van der Waals surface area contributed by atoms with Crippen molar-refractivity contribution in [3.05, 3.63) is 24.0 Å². The summed E-state index contributed by atoms with van der Waals surface area (Å²) in [5.41, 5.74) is 8.38. The minimum absolute atomic E-state index is 0.700. The molecule has 0 saturated heterocycles. The number of anilines is 1. The van der Waals surface area contributed by atoms with Crippen LogP contribution in [0.1, 0.15) is 12.7 Å². The van der Waals surface area contributed by atoms with Gasteiger partial charge in [-0.1, -0.05) is 0 Å². The number of hydrogen-bond acceptors (Lipinski definition) is 3. The minimum atomic E-state index is 0.700. The number of nitrogens with zero attached hydrogens (tertiary/aromatic N) is 1. The van der Waals surface area contributed by atoms with Gasteiger partial charge in [-0.15, -0.1) is 0 Å². The Bertz CT molecular complexity index is 450. The first-order valence-electron chi connectivity index (χ1n) is 5.11. The summed E-state index contributed by atoms with van der Waals surface area (Å²) in [6.07, 6.45) is 0.808. The molecule has 0 aliphatic carbocycles. The monoisotopic (exact) mass is 205 g/mol. The van der Waals surface area contributed by atoms with Crippen LogP contribution in [0.4, 0.5) is 5.69 Å². The number of aromatic amines is 1. The van der Waals surface area contributed by atoms with Crippen molar-refractivity contribution in [2.45, 2.75) is 13.3 Å². The van der Waals surface area contributed by atoms with E-state index in [9.17, 15) is 0 Å². The van der Waals surface area contributed by atoms with Crippen molar-refractivity contribution in [3.63, 3.8) is 0 Å². The van der Waals surface area contributed by atoms with Gasteiger partial charge in [-0.3, -0.25) is 0 Å². The quantitative estimate of drug-likeness (QED) is 0.590. The van der Waals surface area contributed by atoms with Crippen LogP contribution in [0.5, 0.6) is 0 Å². The van der Waals surface area contributed by atoms with Gasteiger partial charge in [-0.25, -0.2) is 4.98 Å². The third kappa shape index (κ3) is 2.27. The van der Waals surface area contributed by atoms with Crippen molar-refractivity contribution in [1.29, 1.82) is 0 Å². The molecule has 3 N–H and O–H groups in total. The lowest BCUT2D eigenvalue weighted by Crippen LogP contribution is -1.99. The summed E-state index contributed by atoms with van der Waals surface area (Å²) in [4.78, 5) is 7.66. The van der Waals surface area contributed by atoms with Gasteiger partial charge in [0.1, 0.15) is 5.82 Å². The molecule has 1 aromatic heterocycles. The van der Waals surface area contributed by atoms with Crippen LogP contribution in [-0.2, 0) is 11.2 Å². The largest absolute Gasteiger partial charge is 0.399 e. The first-order chi connectivity index (χ1) is 7.29. The second kappa shape index (κ2) is 4.31. The van der Waals surface area contributed by atoms with E-state index in [-0.39, 0.29) is 0 Å². The predicted molar refractivity (Wildman–Crippen MR) is 60.7 cm³/mol. The molecule has 2 rings (SSSR count). The zero-order chi connectivity index (χ0) is 10.7. The fourth-order valence-corrected chi connectivity index (χ4v) is 1.51. The van der Waals surface area contributed by atoms with Gasteiger partial charge in [0.25, 0.3) is 0 Å². The smallest absolute Gasteiger partial charge is 0.109 e. The van der Waals surface area contributed by atoms with E-state index < -0.39 is 0 Å². The molecule has 0 radical (unpaired) electrons. The number of aromatic nitrogens is 2. The predicted octanol–water partition coefficient (Wildman–Crippen LogP) is 1.72. The van der Waals surface area contributed by atoms with Crippen molar-refractivity contribution >= 4 is 16.7 Å². The van der Waals surface area contributed by atoms with Crippen molar-refractivity contribution in [2.24, 2.45) is 0 Å². The number of hydrogen-bond donors (Lipinski definition) is 2. The molecule has 0 aliphatic heterocycles. The topological polar surface area (TPSA) is 63.9 Å². The van der Waals surface area contributed by atoms with E-state index in [4.69, 9.17) is 10.5 Å². The zero-order valence-electron chi connectivity index (χ0n) is 8.79. The van der Waals surface area contributed by atoms with E-state index in [1.807, 2.05) is 25.1 Å². The summed E-state index contributed by atoms with van der Waals surface area (Å²) in [7, 11) is 0. The van der Waals surface area contributed by atoms with E-state index in [2.05, 4.69) is 9.97 Å². The average Bonchev–Trinajstić information content (AvgIpc) is 2.60. The van der Waals surface area contributed by atoms with Crippen LogP contribution in [0.15, 0.2) is 18.2 Å². The maximum atomic E-state index is 5.68. The summed E-state index contributed by atoms with van der Waals surface area (Å²) >= 11 is 0. The number of H-pyrrole nitrogens is 1. The number of imidazole rings is 1. The third-order valence-electron chi connectivity index (χ3n) is 2.24. The lowest BCUT2D eigenvalue weighted by atomic mass is 10.3. The molecule has 0 aliphatic rings. The molecule has 0 saturated carbocycles. The van der Waals surface area contributed by atoms with Crippen molar-refractivity contribution in [1.82, 2.24) is 9.97 Å². The lowest BCUT2D eigenvalue weighted by Gasteiger charge is -1.96. The van der Waals surface area contributed by atoms with Crippen molar-refractivity contribution in [3.8, 4) is 0 Å². The molecule has 4 nitrogen and oxygen atoms in total. The van der Waals surface area contributed by atoms with Crippen LogP contribution in [-0.4, -0.2) is 23.2 Å². The number of benzene rings is 1. The Labute approximate surface area is 88.5 Å². The molecule has 0 bridgehead atoms. The van der Waals surface area contributed by atoms with Crippen molar-refractivity contribution in [2.75, 3.05) is 18.9 Å². The molecule has 2 aromatic rings. The van der Waals surface area contributed by atoms with Crippen LogP contribution < -0.4 is 5.73 Å². The van der Waals surface area contributed by atoms with Gasteiger partial charge in [0.15, 0.2) is 0 Å². The Balaban J connectivity index is 2.16. The van der Waals surface area contributed by atoms with Crippen molar-refractivity contribution < 1.29 is 4.74 Å². The van der Waals surface area contributed by atoms with E-state index in [1.54, 1.807) is 0 Å². The highest BCUT2D eigenvalue weighted by atomic mass is 16.5. The SMILES string of the molecule is CCOCCc1nc2ccc(N)cc2[nH]1. The van der Waals surface area contributed by atoms with Gasteiger partial charge in [0, 0.05) is 18.7 Å². The van der Waals surface area contributed by atoms with Gasteiger partial charge in [-0.2, -0.15) is 0 Å². The second-order valence-electron chi connectivity index (χ2n) is 3.41. The molecule has 4 heteroatoms. The molecule has 0 amide bonds. The second-order valence-corrected chi connectivity index (χ2v) is 3.41. The Morgan fingerprint density at radius 2 is 2.33 bits per heavy atom. The maximum Gasteiger partial charge on any atom is 0.109 e. The molecule has 1 aromatic carbocycles. The maximum absolute atomic E-state index is 5.68. The van der Waals surface area contributed by atoms with Crippen LogP contribution in [0.3, 0.4) is 0 Å². The molecule has 0 unspecified atom stereocenters. The zero-order valence-corrected chi connectivity index (χ0v) is 8.79. The molecular formula is C11H15N3O. The number of nitrogen functional groups attached to an aromatic ring is 1. The fraction of sp³-hybridized carbons (Fsp3) is 0.364. The Morgan fingerprint density at radius 3 is 3.13 bits per heavy atom. The summed E-state index contributed by atoms with van der Waals surface area (Å²) in [6.45, 7) is 3.43. The number of nitrogens with two attached hydrogens (primary N) is 1. The normalized spacial score (nSPS) is 11.0. The molecule has 1 heterocycles. The summed E-state index contributed by atoms with van der Waals surface area (Å²) in [6, 6.07) is 5.67. The standard InChI is InChI=1S/C11H15N3O/c1-2-15-6-5-11-13-9-4-3-8(12)7-10(9)14-11/h3-4,7H,2,5-6,12H2,1H3,(H,13,14). The summed E-state index contributed by atoms with van der Waals surface area (Å²) < 4.78 is 5.27. The molecular weight excluding hydrogens is 190 g/mol. The summed E-state index contributed by atoms with van der Waals surface area (Å²) in [5.74, 6) is 0.948. The van der Waals surface area contributed by atoms with E-state index >= 15 is 0 Å². The average molecular weight is 205 g/mol. The number of nitrogens with one attached hydrogen (secondary N) is 1. The van der Waals surface area contributed by atoms with Gasteiger partial charge >= 0.3 is 0 Å². The first-order valence-corrected chi connectivity index (χ1v) is 5.11. The van der Waals surface area contributed by atoms with Gasteiger partial charge in [0.05, 0.1) is 17.6 Å². The highest BCUT2D eigenvalue weighted by molar-refractivity contribution is 5.78. The Morgan fingerprint density at radius 1 is 1.47 bits per heavy atom. The molecule has 0 atom stereocenters. The Hall–Kier alpha value is -1.55. The van der Waals surface area contributed by atoms with E-state index in [0.717, 1.165) is 35.6 Å². The third-order valence-corrected chi connectivity index (χ3v) is 2.24. The van der Waals surface area contributed by atoms with Crippen LogP contribution in [0, 0.1) is 0 Å². The fourth-order valence-electron chi connectivity index (χ4n) is 1.51. The summed E-state index contributed by atoms with van der Waals surface area (Å²) in [5, 5.41) is 0. The number of rotatable bonds is 4. The first kappa shape index (κ1) is 9.98. The van der Waals surface area contributed by atoms with Crippen LogP contribution in [0.25, 0.3) is 11.0 Å². The number of fused-ring (bicyclic) bond motifs is 1. The minimum Gasteiger partial charge on any atom is -0.399 e. The van der Waals surface area contributed by atoms with E-state index in [0.29, 0.717) is 6.61 Å². The molecule has 0 spiro atoms. The van der Waals surface area contributed by atoms with Gasteiger partial charge in [-0.05, 0) is 25.1 Å².